The van der Waals surface area contributed by atoms with Crippen LogP contribution in [0, 0.1) is 5.92 Å². The summed E-state index contributed by atoms with van der Waals surface area (Å²) in [4.78, 5) is 16.5. The van der Waals surface area contributed by atoms with Crippen LogP contribution in [0.3, 0.4) is 0 Å². The number of nitrogen functional groups attached to an aromatic ring is 1. The van der Waals surface area contributed by atoms with Crippen molar-refractivity contribution < 1.29 is 4.79 Å². The van der Waals surface area contributed by atoms with Gasteiger partial charge in [-0.2, -0.15) is 0 Å². The minimum atomic E-state index is -0.127. The van der Waals surface area contributed by atoms with Gasteiger partial charge in [0.25, 0.3) is 5.91 Å². The highest BCUT2D eigenvalue weighted by Gasteiger charge is 2.15. The van der Waals surface area contributed by atoms with Gasteiger partial charge in [-0.05, 0) is 25.7 Å². The number of rotatable bonds is 7. The molecule has 0 bridgehead atoms. The zero-order chi connectivity index (χ0) is 13.5. The molecule has 1 aromatic heterocycles. The Balaban J connectivity index is 2.45. The van der Waals surface area contributed by atoms with Gasteiger partial charge >= 0.3 is 0 Å². The average Bonchev–Trinajstić information content (AvgIpc) is 2.66. The van der Waals surface area contributed by atoms with Gasteiger partial charge in [0.05, 0.1) is 0 Å². The van der Waals surface area contributed by atoms with Gasteiger partial charge < -0.3 is 16.4 Å². The Labute approximate surface area is 112 Å². The molecule has 0 spiro atoms. The molecule has 1 aromatic rings. The molecule has 102 valence electrons. The molecule has 0 saturated heterocycles. The standard InChI is InChI=1S/C12H22N4OS/c1-4-14-12-16-10(13)9(18-12)11(17)15-7-5-6-8(2)3/h8H,4-7,13H2,1-3H3,(H,14,16)(H,15,17). The Hall–Kier alpha value is -1.30. The van der Waals surface area contributed by atoms with Crippen molar-refractivity contribution in [2.24, 2.45) is 5.92 Å². The zero-order valence-electron chi connectivity index (χ0n) is 11.2. The molecule has 0 unspecified atom stereocenters. The Bertz CT molecular complexity index is 389. The van der Waals surface area contributed by atoms with E-state index in [0.29, 0.717) is 28.3 Å². The molecule has 0 radical (unpaired) electrons. The quantitative estimate of drug-likeness (QED) is 0.664. The zero-order valence-corrected chi connectivity index (χ0v) is 12.1. The van der Waals surface area contributed by atoms with Gasteiger partial charge in [0.15, 0.2) is 5.13 Å². The molecule has 0 aromatic carbocycles. The molecule has 0 atom stereocenters. The molecule has 0 fully saturated rings. The van der Waals surface area contributed by atoms with E-state index in [4.69, 9.17) is 5.73 Å². The lowest BCUT2D eigenvalue weighted by molar-refractivity contribution is 0.0957. The first-order chi connectivity index (χ1) is 8.54. The largest absolute Gasteiger partial charge is 0.382 e. The van der Waals surface area contributed by atoms with E-state index in [2.05, 4.69) is 29.5 Å². The van der Waals surface area contributed by atoms with Crippen LogP contribution in [0.1, 0.15) is 43.3 Å². The second-order valence-electron chi connectivity index (χ2n) is 4.56. The van der Waals surface area contributed by atoms with E-state index < -0.39 is 0 Å². The van der Waals surface area contributed by atoms with Crippen LogP contribution in [0.2, 0.25) is 0 Å². The fourth-order valence-electron chi connectivity index (χ4n) is 1.51. The van der Waals surface area contributed by atoms with Gasteiger partial charge in [0, 0.05) is 13.1 Å². The van der Waals surface area contributed by atoms with Crippen LogP contribution in [0.15, 0.2) is 0 Å². The lowest BCUT2D eigenvalue weighted by Crippen LogP contribution is -2.24. The Kier molecular flexibility index (Phi) is 5.91. The van der Waals surface area contributed by atoms with Gasteiger partial charge in [-0.15, -0.1) is 0 Å². The van der Waals surface area contributed by atoms with E-state index in [9.17, 15) is 4.79 Å². The highest BCUT2D eigenvalue weighted by molar-refractivity contribution is 7.18. The predicted octanol–water partition coefficient (Wildman–Crippen LogP) is 2.32. The molecule has 6 heteroatoms. The maximum atomic E-state index is 11.9. The van der Waals surface area contributed by atoms with Crippen LogP contribution in [0.4, 0.5) is 10.9 Å². The predicted molar refractivity (Wildman–Crippen MR) is 77.1 cm³/mol. The second kappa shape index (κ2) is 7.20. The summed E-state index contributed by atoms with van der Waals surface area (Å²) in [5, 5.41) is 6.62. The lowest BCUT2D eigenvalue weighted by Gasteiger charge is -2.05. The molecule has 1 rings (SSSR count). The molecule has 18 heavy (non-hydrogen) atoms. The minimum Gasteiger partial charge on any atom is -0.382 e. The van der Waals surface area contributed by atoms with Crippen molar-refractivity contribution in [2.75, 3.05) is 24.1 Å². The molecule has 5 nitrogen and oxygen atoms in total. The van der Waals surface area contributed by atoms with Crippen molar-refractivity contribution in [3.8, 4) is 0 Å². The number of nitrogens with zero attached hydrogens (tertiary/aromatic N) is 1. The van der Waals surface area contributed by atoms with E-state index in [1.54, 1.807) is 0 Å². The third kappa shape index (κ3) is 4.52. The van der Waals surface area contributed by atoms with E-state index in [0.717, 1.165) is 19.4 Å². The topological polar surface area (TPSA) is 80.0 Å². The van der Waals surface area contributed by atoms with Gasteiger partial charge in [-0.25, -0.2) is 4.98 Å². The molecule has 4 N–H and O–H groups in total. The highest BCUT2D eigenvalue weighted by atomic mass is 32.1. The minimum absolute atomic E-state index is 0.127. The normalized spacial score (nSPS) is 10.7. The summed E-state index contributed by atoms with van der Waals surface area (Å²) in [6.07, 6.45) is 2.10. The van der Waals surface area contributed by atoms with E-state index in [1.807, 2.05) is 6.92 Å². The van der Waals surface area contributed by atoms with Gasteiger partial charge in [0.2, 0.25) is 0 Å². The van der Waals surface area contributed by atoms with Crippen molar-refractivity contribution in [1.82, 2.24) is 10.3 Å². The summed E-state index contributed by atoms with van der Waals surface area (Å²) >= 11 is 1.30. The van der Waals surface area contributed by atoms with E-state index in [1.165, 1.54) is 11.3 Å². The number of hydrogen-bond acceptors (Lipinski definition) is 5. The molecular weight excluding hydrogens is 248 g/mol. The van der Waals surface area contributed by atoms with Crippen molar-refractivity contribution in [1.29, 1.82) is 0 Å². The van der Waals surface area contributed by atoms with Gasteiger partial charge in [-0.1, -0.05) is 25.2 Å². The number of nitrogens with one attached hydrogen (secondary N) is 2. The third-order valence-electron chi connectivity index (χ3n) is 2.43. The fourth-order valence-corrected chi connectivity index (χ4v) is 2.38. The van der Waals surface area contributed by atoms with Gasteiger partial charge in [-0.3, -0.25) is 4.79 Å². The summed E-state index contributed by atoms with van der Waals surface area (Å²) in [6, 6.07) is 0. The SMILES string of the molecule is CCNc1nc(N)c(C(=O)NCCCC(C)C)s1. The first-order valence-electron chi connectivity index (χ1n) is 6.33. The molecule has 0 aliphatic rings. The number of anilines is 2. The van der Waals surface area contributed by atoms with Crippen LogP contribution in [-0.2, 0) is 0 Å². The first-order valence-corrected chi connectivity index (χ1v) is 7.14. The summed E-state index contributed by atoms with van der Waals surface area (Å²) < 4.78 is 0. The molecule has 0 saturated carbocycles. The molecule has 1 amide bonds. The maximum Gasteiger partial charge on any atom is 0.265 e. The number of aromatic nitrogens is 1. The van der Waals surface area contributed by atoms with Crippen molar-refractivity contribution in [2.45, 2.75) is 33.6 Å². The summed E-state index contributed by atoms with van der Waals surface area (Å²) in [5.74, 6) is 0.839. The number of thiazole rings is 1. The van der Waals surface area contributed by atoms with Crippen LogP contribution in [0.25, 0.3) is 0 Å². The van der Waals surface area contributed by atoms with Crippen LogP contribution in [-0.4, -0.2) is 24.0 Å². The number of hydrogen-bond donors (Lipinski definition) is 3. The first kappa shape index (κ1) is 14.8. The van der Waals surface area contributed by atoms with Gasteiger partial charge in [0.1, 0.15) is 10.7 Å². The summed E-state index contributed by atoms with van der Waals surface area (Å²) in [6.45, 7) is 7.77. The van der Waals surface area contributed by atoms with Crippen molar-refractivity contribution in [3.63, 3.8) is 0 Å². The Morgan fingerprint density at radius 1 is 1.50 bits per heavy atom. The number of amides is 1. The summed E-state index contributed by atoms with van der Waals surface area (Å²) in [5.41, 5.74) is 5.72. The highest BCUT2D eigenvalue weighted by Crippen LogP contribution is 2.24. The third-order valence-corrected chi connectivity index (χ3v) is 3.46. The molecular formula is C12H22N4OS. The van der Waals surface area contributed by atoms with E-state index in [-0.39, 0.29) is 5.91 Å². The Morgan fingerprint density at radius 2 is 2.22 bits per heavy atom. The van der Waals surface area contributed by atoms with Crippen LogP contribution in [0.5, 0.6) is 0 Å². The monoisotopic (exact) mass is 270 g/mol. The van der Waals surface area contributed by atoms with Crippen molar-refractivity contribution in [3.05, 3.63) is 4.88 Å². The Morgan fingerprint density at radius 3 is 2.83 bits per heavy atom. The van der Waals surface area contributed by atoms with Crippen molar-refractivity contribution >= 4 is 28.2 Å². The smallest absolute Gasteiger partial charge is 0.265 e. The maximum absolute atomic E-state index is 11.9. The van der Waals surface area contributed by atoms with Crippen LogP contribution >= 0.6 is 11.3 Å². The molecule has 1 heterocycles. The summed E-state index contributed by atoms with van der Waals surface area (Å²) in [7, 11) is 0. The average molecular weight is 270 g/mol. The number of carbonyl (C=O) groups is 1. The second-order valence-corrected chi connectivity index (χ2v) is 5.55. The molecule has 0 aliphatic carbocycles. The molecule has 0 aliphatic heterocycles. The lowest BCUT2D eigenvalue weighted by atomic mass is 10.1. The van der Waals surface area contributed by atoms with E-state index >= 15 is 0 Å². The van der Waals surface area contributed by atoms with Crippen LogP contribution < -0.4 is 16.4 Å². The fraction of sp³-hybridized carbons (Fsp3) is 0.667. The number of carbonyl (C=O) groups excluding carboxylic acids is 1. The number of nitrogens with two attached hydrogens (primary N) is 1.